The highest BCUT2D eigenvalue weighted by Crippen LogP contribution is 2.11. The highest BCUT2D eigenvalue weighted by atomic mass is 127. The van der Waals surface area contributed by atoms with E-state index < -0.39 is 0 Å². The number of hydrogen-bond donors (Lipinski definition) is 2. The molecule has 1 aromatic rings. The Morgan fingerprint density at radius 1 is 1.42 bits per heavy atom. The molecule has 0 aliphatic carbocycles. The number of guanidine groups is 1. The van der Waals surface area contributed by atoms with Gasteiger partial charge in [-0.2, -0.15) is 5.10 Å². The summed E-state index contributed by atoms with van der Waals surface area (Å²) in [7, 11) is 3.69. The highest BCUT2D eigenvalue weighted by molar-refractivity contribution is 14.0. The zero-order valence-electron chi connectivity index (χ0n) is 11.9. The normalized spacial score (nSPS) is 10.6. The van der Waals surface area contributed by atoms with Gasteiger partial charge in [-0.1, -0.05) is 5.92 Å². The van der Waals surface area contributed by atoms with Gasteiger partial charge in [-0.25, -0.2) is 0 Å². The third kappa shape index (κ3) is 5.11. The number of aromatic nitrogens is 2. The van der Waals surface area contributed by atoms with Crippen molar-refractivity contribution >= 4 is 29.9 Å². The minimum Gasteiger partial charge on any atom is -0.356 e. The molecule has 1 heterocycles. The van der Waals surface area contributed by atoms with Gasteiger partial charge >= 0.3 is 0 Å². The molecule has 0 atom stereocenters. The second-order valence-corrected chi connectivity index (χ2v) is 4.08. The van der Waals surface area contributed by atoms with Crippen molar-refractivity contribution in [3.8, 4) is 12.3 Å². The van der Waals surface area contributed by atoms with E-state index in [1.165, 1.54) is 11.3 Å². The molecule has 1 rings (SSSR count). The molecule has 2 N–H and O–H groups in total. The molecular weight excluding hydrogens is 353 g/mol. The first-order valence-electron chi connectivity index (χ1n) is 5.97. The minimum atomic E-state index is 0. The molecule has 19 heavy (non-hydrogen) atoms. The Kier molecular flexibility index (Phi) is 8.23. The van der Waals surface area contributed by atoms with Gasteiger partial charge in [0.25, 0.3) is 0 Å². The summed E-state index contributed by atoms with van der Waals surface area (Å²) in [5.41, 5.74) is 3.58. The summed E-state index contributed by atoms with van der Waals surface area (Å²) in [5, 5.41) is 10.6. The first-order valence-corrected chi connectivity index (χ1v) is 5.97. The Labute approximate surface area is 132 Å². The Hall–Kier alpha value is -1.23. The van der Waals surface area contributed by atoms with Gasteiger partial charge < -0.3 is 10.6 Å². The highest BCUT2D eigenvalue weighted by Gasteiger charge is 2.08. The summed E-state index contributed by atoms with van der Waals surface area (Å²) >= 11 is 0. The number of aliphatic imine (C=N–C) groups is 1. The smallest absolute Gasteiger partial charge is 0.191 e. The van der Waals surface area contributed by atoms with E-state index in [9.17, 15) is 0 Å². The molecule has 0 bridgehead atoms. The van der Waals surface area contributed by atoms with Crippen LogP contribution in [-0.2, 0) is 13.5 Å². The molecule has 0 aliphatic heterocycles. The Balaban J connectivity index is 0.00000324. The summed E-state index contributed by atoms with van der Waals surface area (Å²) in [6.07, 6.45) is 6.11. The standard InChI is InChI=1S/C13H21N5.HI/c1-6-8-15-13(14-4)16-9-7-12-10(2)17-18(5)11(12)3;/h1H,7-9H2,2-5H3,(H2,14,15,16);1H. The van der Waals surface area contributed by atoms with Gasteiger partial charge in [0.2, 0.25) is 0 Å². The number of terminal acetylenes is 1. The maximum Gasteiger partial charge on any atom is 0.191 e. The van der Waals surface area contributed by atoms with Crippen LogP contribution in [0.25, 0.3) is 0 Å². The van der Waals surface area contributed by atoms with E-state index >= 15 is 0 Å². The molecule has 0 saturated heterocycles. The molecule has 0 spiro atoms. The summed E-state index contributed by atoms with van der Waals surface area (Å²) < 4.78 is 1.91. The molecule has 0 radical (unpaired) electrons. The summed E-state index contributed by atoms with van der Waals surface area (Å²) in [4.78, 5) is 4.08. The lowest BCUT2D eigenvalue weighted by molar-refractivity contribution is 0.729. The maximum atomic E-state index is 5.19. The van der Waals surface area contributed by atoms with Crippen LogP contribution in [0.4, 0.5) is 0 Å². The van der Waals surface area contributed by atoms with Crippen LogP contribution in [0.2, 0.25) is 0 Å². The van der Waals surface area contributed by atoms with E-state index in [-0.39, 0.29) is 24.0 Å². The van der Waals surface area contributed by atoms with Crippen LogP contribution in [0.3, 0.4) is 0 Å². The lowest BCUT2D eigenvalue weighted by Gasteiger charge is -2.09. The van der Waals surface area contributed by atoms with E-state index in [1.54, 1.807) is 7.05 Å². The molecule has 0 fully saturated rings. The van der Waals surface area contributed by atoms with E-state index in [0.717, 1.165) is 24.6 Å². The van der Waals surface area contributed by atoms with Crippen LogP contribution < -0.4 is 10.6 Å². The number of hydrogen-bond acceptors (Lipinski definition) is 2. The topological polar surface area (TPSA) is 54.2 Å². The van der Waals surface area contributed by atoms with Gasteiger partial charge in [0.15, 0.2) is 5.96 Å². The van der Waals surface area contributed by atoms with Gasteiger partial charge in [0, 0.05) is 26.3 Å². The van der Waals surface area contributed by atoms with Gasteiger partial charge in [-0.3, -0.25) is 9.67 Å². The summed E-state index contributed by atoms with van der Waals surface area (Å²) in [5.74, 6) is 3.25. The van der Waals surface area contributed by atoms with E-state index in [4.69, 9.17) is 6.42 Å². The molecule has 5 nitrogen and oxygen atoms in total. The lowest BCUT2D eigenvalue weighted by atomic mass is 10.1. The average Bonchev–Trinajstić information content (AvgIpc) is 2.59. The summed E-state index contributed by atoms with van der Waals surface area (Å²) in [6, 6.07) is 0. The molecule has 0 saturated carbocycles. The van der Waals surface area contributed by atoms with Gasteiger partial charge in [-0.15, -0.1) is 30.4 Å². The Morgan fingerprint density at radius 3 is 2.58 bits per heavy atom. The third-order valence-electron chi connectivity index (χ3n) is 2.91. The number of halogens is 1. The molecule has 0 aliphatic rings. The number of nitrogens with zero attached hydrogens (tertiary/aromatic N) is 3. The number of aryl methyl sites for hydroxylation is 2. The molecule has 0 unspecified atom stereocenters. The van der Waals surface area contributed by atoms with E-state index in [0.29, 0.717) is 6.54 Å². The Morgan fingerprint density at radius 2 is 2.11 bits per heavy atom. The van der Waals surface area contributed by atoms with Crippen molar-refractivity contribution in [1.29, 1.82) is 0 Å². The van der Waals surface area contributed by atoms with Crippen LogP contribution >= 0.6 is 24.0 Å². The molecule has 0 aromatic carbocycles. The SMILES string of the molecule is C#CCNC(=NC)NCCc1c(C)nn(C)c1C.I. The lowest BCUT2D eigenvalue weighted by Crippen LogP contribution is -2.38. The fourth-order valence-electron chi connectivity index (χ4n) is 1.84. The van der Waals surface area contributed by atoms with E-state index in [1.807, 2.05) is 18.7 Å². The van der Waals surface area contributed by atoms with E-state index in [2.05, 4.69) is 33.6 Å². The molecular formula is C13H22IN5. The van der Waals surface area contributed by atoms with Gasteiger partial charge in [-0.05, 0) is 25.8 Å². The number of rotatable bonds is 4. The molecule has 1 aromatic heterocycles. The zero-order chi connectivity index (χ0) is 13.5. The van der Waals surface area contributed by atoms with Crippen molar-refractivity contribution in [2.75, 3.05) is 20.1 Å². The number of nitrogens with one attached hydrogen (secondary N) is 2. The second-order valence-electron chi connectivity index (χ2n) is 4.08. The van der Waals surface area contributed by atoms with Gasteiger partial charge in [0.1, 0.15) is 0 Å². The fourth-order valence-corrected chi connectivity index (χ4v) is 1.84. The first-order chi connectivity index (χ1) is 8.60. The predicted octanol–water partition coefficient (Wildman–Crippen LogP) is 0.996. The monoisotopic (exact) mass is 375 g/mol. The van der Waals surface area contributed by atoms with Crippen molar-refractivity contribution in [2.45, 2.75) is 20.3 Å². The quantitative estimate of drug-likeness (QED) is 0.357. The minimum absolute atomic E-state index is 0. The van der Waals surface area contributed by atoms with Crippen molar-refractivity contribution in [3.05, 3.63) is 17.0 Å². The van der Waals surface area contributed by atoms with Crippen LogP contribution in [-0.4, -0.2) is 35.9 Å². The fraction of sp³-hybridized carbons (Fsp3) is 0.538. The predicted molar refractivity (Wildman–Crippen MR) is 90.0 cm³/mol. The molecule has 6 heteroatoms. The third-order valence-corrected chi connectivity index (χ3v) is 2.91. The first kappa shape index (κ1) is 17.8. The van der Waals surface area contributed by atoms with Crippen molar-refractivity contribution < 1.29 is 0 Å². The summed E-state index contributed by atoms with van der Waals surface area (Å²) in [6.45, 7) is 5.40. The van der Waals surface area contributed by atoms with Crippen molar-refractivity contribution in [1.82, 2.24) is 20.4 Å². The van der Waals surface area contributed by atoms with Crippen LogP contribution in [0.1, 0.15) is 17.0 Å². The van der Waals surface area contributed by atoms with Crippen LogP contribution in [0.5, 0.6) is 0 Å². The average molecular weight is 375 g/mol. The van der Waals surface area contributed by atoms with Crippen LogP contribution in [0, 0.1) is 26.2 Å². The largest absolute Gasteiger partial charge is 0.356 e. The Bertz CT molecular complexity index is 470. The van der Waals surface area contributed by atoms with Crippen molar-refractivity contribution in [3.63, 3.8) is 0 Å². The van der Waals surface area contributed by atoms with Gasteiger partial charge in [0.05, 0.1) is 12.2 Å². The second kappa shape index (κ2) is 8.80. The van der Waals surface area contributed by atoms with Crippen molar-refractivity contribution in [2.24, 2.45) is 12.0 Å². The molecule has 106 valence electrons. The van der Waals surface area contributed by atoms with Crippen LogP contribution in [0.15, 0.2) is 4.99 Å². The maximum absolute atomic E-state index is 5.19. The molecule has 0 amide bonds. The zero-order valence-corrected chi connectivity index (χ0v) is 14.3.